The predicted molar refractivity (Wildman–Crippen MR) is 78.2 cm³/mol. The molecule has 2 aromatic heterocycles. The molecule has 3 rings (SSSR count). The molecule has 0 amide bonds. The zero-order chi connectivity index (χ0) is 13.9. The van der Waals surface area contributed by atoms with Crippen molar-refractivity contribution in [1.82, 2.24) is 15.0 Å². The van der Waals surface area contributed by atoms with Crippen molar-refractivity contribution in [2.75, 3.05) is 0 Å². The SMILES string of the molecule is O=C(O)c1cncnc1CSc1nc2ccccc2s1. The Hall–Kier alpha value is -1.99. The van der Waals surface area contributed by atoms with Crippen LogP contribution in [0.25, 0.3) is 10.2 Å². The fourth-order valence-corrected chi connectivity index (χ4v) is 3.72. The minimum atomic E-state index is -1.01. The Labute approximate surface area is 122 Å². The van der Waals surface area contributed by atoms with E-state index in [-0.39, 0.29) is 5.56 Å². The van der Waals surface area contributed by atoms with E-state index in [1.165, 1.54) is 24.3 Å². The van der Waals surface area contributed by atoms with Gasteiger partial charge >= 0.3 is 5.97 Å². The van der Waals surface area contributed by atoms with Crippen LogP contribution >= 0.6 is 23.1 Å². The molecular weight excluding hydrogens is 294 g/mol. The molecule has 7 heteroatoms. The molecule has 0 spiro atoms. The van der Waals surface area contributed by atoms with Gasteiger partial charge in [-0.25, -0.2) is 19.7 Å². The number of hydrogen-bond donors (Lipinski definition) is 1. The fourth-order valence-electron chi connectivity index (χ4n) is 1.69. The molecule has 100 valence electrons. The summed E-state index contributed by atoms with van der Waals surface area (Å²) in [6, 6.07) is 7.90. The van der Waals surface area contributed by atoms with Gasteiger partial charge in [-0.05, 0) is 12.1 Å². The summed E-state index contributed by atoms with van der Waals surface area (Å²) in [6.45, 7) is 0. The molecule has 3 aromatic rings. The molecule has 1 aromatic carbocycles. The summed E-state index contributed by atoms with van der Waals surface area (Å²) in [4.78, 5) is 23.3. The minimum Gasteiger partial charge on any atom is -0.478 e. The maximum absolute atomic E-state index is 11.1. The maximum Gasteiger partial charge on any atom is 0.339 e. The van der Waals surface area contributed by atoms with Crippen molar-refractivity contribution in [3.05, 3.63) is 48.0 Å². The van der Waals surface area contributed by atoms with Crippen LogP contribution in [0, 0.1) is 0 Å². The topological polar surface area (TPSA) is 76.0 Å². The normalized spacial score (nSPS) is 10.8. The van der Waals surface area contributed by atoms with E-state index in [1.807, 2.05) is 24.3 Å². The minimum absolute atomic E-state index is 0.140. The van der Waals surface area contributed by atoms with E-state index < -0.39 is 5.97 Å². The lowest BCUT2D eigenvalue weighted by molar-refractivity contribution is 0.0695. The highest BCUT2D eigenvalue weighted by molar-refractivity contribution is 8.00. The highest BCUT2D eigenvalue weighted by atomic mass is 32.2. The van der Waals surface area contributed by atoms with Crippen LogP contribution in [0.2, 0.25) is 0 Å². The molecular formula is C13H9N3O2S2. The predicted octanol–water partition coefficient (Wildman–Crippen LogP) is 3.08. The van der Waals surface area contributed by atoms with E-state index in [4.69, 9.17) is 5.11 Å². The van der Waals surface area contributed by atoms with Gasteiger partial charge in [-0.15, -0.1) is 11.3 Å². The molecule has 0 aliphatic carbocycles. The molecule has 0 saturated heterocycles. The van der Waals surface area contributed by atoms with E-state index in [9.17, 15) is 4.79 Å². The second-order valence-electron chi connectivity index (χ2n) is 3.92. The van der Waals surface area contributed by atoms with Crippen molar-refractivity contribution < 1.29 is 9.90 Å². The highest BCUT2D eigenvalue weighted by Crippen LogP contribution is 2.31. The average molecular weight is 303 g/mol. The largest absolute Gasteiger partial charge is 0.478 e. The maximum atomic E-state index is 11.1. The molecule has 0 bridgehead atoms. The van der Waals surface area contributed by atoms with Crippen LogP contribution < -0.4 is 0 Å². The van der Waals surface area contributed by atoms with E-state index in [1.54, 1.807) is 11.3 Å². The van der Waals surface area contributed by atoms with Gasteiger partial charge in [-0.1, -0.05) is 23.9 Å². The van der Waals surface area contributed by atoms with Gasteiger partial charge in [0.05, 0.1) is 15.9 Å². The van der Waals surface area contributed by atoms with Crippen molar-refractivity contribution in [2.24, 2.45) is 0 Å². The average Bonchev–Trinajstić information content (AvgIpc) is 2.88. The lowest BCUT2D eigenvalue weighted by atomic mass is 10.2. The van der Waals surface area contributed by atoms with Gasteiger partial charge in [0, 0.05) is 11.9 Å². The Balaban J connectivity index is 1.81. The number of thioether (sulfide) groups is 1. The van der Waals surface area contributed by atoms with Crippen LogP contribution in [-0.2, 0) is 5.75 Å². The molecule has 2 heterocycles. The fraction of sp³-hybridized carbons (Fsp3) is 0.0769. The van der Waals surface area contributed by atoms with Crippen LogP contribution in [0.1, 0.15) is 16.1 Å². The Morgan fingerprint density at radius 1 is 1.35 bits per heavy atom. The van der Waals surface area contributed by atoms with Crippen LogP contribution in [0.4, 0.5) is 0 Å². The number of aromatic nitrogens is 3. The van der Waals surface area contributed by atoms with Gasteiger partial charge in [0.15, 0.2) is 4.34 Å². The third-order valence-electron chi connectivity index (χ3n) is 2.63. The van der Waals surface area contributed by atoms with Gasteiger partial charge in [-0.2, -0.15) is 0 Å². The second-order valence-corrected chi connectivity index (χ2v) is 6.18. The number of thiazole rings is 1. The number of hydrogen-bond acceptors (Lipinski definition) is 6. The molecule has 20 heavy (non-hydrogen) atoms. The monoisotopic (exact) mass is 303 g/mol. The first kappa shape index (κ1) is 13.0. The standard InChI is InChI=1S/C13H9N3O2S2/c17-12(18)8-5-14-7-15-10(8)6-19-13-16-9-3-1-2-4-11(9)20-13/h1-5,7H,6H2,(H,17,18). The molecule has 0 atom stereocenters. The highest BCUT2D eigenvalue weighted by Gasteiger charge is 2.12. The third kappa shape index (κ3) is 2.63. The lowest BCUT2D eigenvalue weighted by Crippen LogP contribution is -2.04. The number of nitrogens with zero attached hydrogens (tertiary/aromatic N) is 3. The van der Waals surface area contributed by atoms with E-state index in [2.05, 4.69) is 15.0 Å². The zero-order valence-corrected chi connectivity index (χ0v) is 11.8. The summed E-state index contributed by atoms with van der Waals surface area (Å²) in [7, 11) is 0. The Bertz CT molecular complexity index is 740. The van der Waals surface area contributed by atoms with Crippen molar-refractivity contribution >= 4 is 39.3 Å². The summed E-state index contributed by atoms with van der Waals surface area (Å²) in [5, 5.41) is 9.07. The molecule has 0 radical (unpaired) electrons. The van der Waals surface area contributed by atoms with Crippen molar-refractivity contribution in [1.29, 1.82) is 0 Å². The molecule has 0 saturated carbocycles. The first-order valence-electron chi connectivity index (χ1n) is 5.74. The number of carboxylic acid groups (broad SMARTS) is 1. The molecule has 0 unspecified atom stereocenters. The lowest BCUT2D eigenvalue weighted by Gasteiger charge is -2.01. The Morgan fingerprint density at radius 2 is 2.20 bits per heavy atom. The van der Waals surface area contributed by atoms with Crippen LogP contribution in [-0.4, -0.2) is 26.0 Å². The number of benzene rings is 1. The van der Waals surface area contributed by atoms with Crippen molar-refractivity contribution in [3.8, 4) is 0 Å². The third-order valence-corrected chi connectivity index (χ3v) is 4.82. The van der Waals surface area contributed by atoms with Crippen LogP contribution in [0.5, 0.6) is 0 Å². The summed E-state index contributed by atoms with van der Waals surface area (Å²) >= 11 is 3.08. The second kappa shape index (κ2) is 5.56. The molecule has 0 aliphatic heterocycles. The van der Waals surface area contributed by atoms with Gasteiger partial charge in [-0.3, -0.25) is 0 Å². The molecule has 0 fully saturated rings. The summed E-state index contributed by atoms with van der Waals surface area (Å²) < 4.78 is 2.03. The summed E-state index contributed by atoms with van der Waals surface area (Å²) in [5.41, 5.74) is 1.61. The van der Waals surface area contributed by atoms with Crippen molar-refractivity contribution in [3.63, 3.8) is 0 Å². The Kier molecular flexibility index (Phi) is 3.62. The number of aromatic carboxylic acids is 1. The number of rotatable bonds is 4. The number of carboxylic acids is 1. The van der Waals surface area contributed by atoms with Gasteiger partial charge in [0.1, 0.15) is 11.9 Å². The van der Waals surface area contributed by atoms with Crippen LogP contribution in [0.15, 0.2) is 41.1 Å². The smallest absolute Gasteiger partial charge is 0.339 e. The van der Waals surface area contributed by atoms with Gasteiger partial charge in [0.2, 0.25) is 0 Å². The first-order valence-corrected chi connectivity index (χ1v) is 7.55. The number of para-hydroxylation sites is 1. The van der Waals surface area contributed by atoms with Crippen molar-refractivity contribution in [2.45, 2.75) is 10.1 Å². The first-order chi connectivity index (χ1) is 9.74. The quantitative estimate of drug-likeness (QED) is 0.746. The van der Waals surface area contributed by atoms with E-state index in [0.717, 1.165) is 14.6 Å². The molecule has 5 nitrogen and oxygen atoms in total. The zero-order valence-electron chi connectivity index (χ0n) is 10.2. The molecule has 0 aliphatic rings. The number of fused-ring (bicyclic) bond motifs is 1. The van der Waals surface area contributed by atoms with Gasteiger partial charge in [0.25, 0.3) is 0 Å². The molecule has 1 N–H and O–H groups in total. The van der Waals surface area contributed by atoms with Gasteiger partial charge < -0.3 is 5.11 Å². The van der Waals surface area contributed by atoms with Crippen LogP contribution in [0.3, 0.4) is 0 Å². The number of carbonyl (C=O) groups is 1. The summed E-state index contributed by atoms with van der Waals surface area (Å²) in [5.74, 6) is -0.547. The van der Waals surface area contributed by atoms with E-state index >= 15 is 0 Å². The summed E-state index contributed by atoms with van der Waals surface area (Å²) in [6.07, 6.45) is 2.68. The Morgan fingerprint density at radius 3 is 3.00 bits per heavy atom. The van der Waals surface area contributed by atoms with E-state index in [0.29, 0.717) is 11.4 Å².